The normalized spacial score (nSPS) is 14.6. The molecule has 1 aliphatic rings. The van der Waals surface area contributed by atoms with E-state index in [-0.39, 0.29) is 17.3 Å². The summed E-state index contributed by atoms with van der Waals surface area (Å²) < 4.78 is 5.31. The number of hydrogen-bond acceptors (Lipinski definition) is 8. The number of rotatable bonds is 6. The van der Waals surface area contributed by atoms with Crippen molar-refractivity contribution in [2.45, 2.75) is 19.8 Å². The van der Waals surface area contributed by atoms with Gasteiger partial charge in [0.1, 0.15) is 12.1 Å². The first-order valence-corrected chi connectivity index (χ1v) is 8.79. The zero-order valence-corrected chi connectivity index (χ0v) is 15.6. The van der Waals surface area contributed by atoms with Gasteiger partial charge in [-0.1, -0.05) is 6.07 Å². The molecule has 0 unspecified atom stereocenters. The van der Waals surface area contributed by atoms with E-state index in [0.29, 0.717) is 37.4 Å². The maximum absolute atomic E-state index is 11.8. The minimum absolute atomic E-state index is 0.0549. The molecule has 0 amide bonds. The number of anilines is 3. The molecule has 28 heavy (non-hydrogen) atoms. The summed E-state index contributed by atoms with van der Waals surface area (Å²) in [4.78, 5) is 32.3. The largest absolute Gasteiger partial charge is 0.495 e. The Labute approximate surface area is 161 Å². The van der Waals surface area contributed by atoms with Crippen molar-refractivity contribution in [3.8, 4) is 5.75 Å². The smallest absolute Gasteiger partial charge is 0.353 e. The highest BCUT2D eigenvalue weighted by Gasteiger charge is 2.31. The van der Waals surface area contributed by atoms with E-state index in [4.69, 9.17) is 9.84 Å². The van der Waals surface area contributed by atoms with E-state index in [1.54, 1.807) is 11.0 Å². The number of carboxylic acid groups (broad SMARTS) is 1. The molecule has 2 N–H and O–H groups in total. The summed E-state index contributed by atoms with van der Waals surface area (Å²) >= 11 is 0. The zero-order valence-electron chi connectivity index (χ0n) is 15.6. The fourth-order valence-corrected chi connectivity index (χ4v) is 3.25. The molecule has 10 heteroatoms. The molecule has 0 radical (unpaired) electrons. The van der Waals surface area contributed by atoms with E-state index < -0.39 is 16.8 Å². The molecule has 2 aromatic rings. The van der Waals surface area contributed by atoms with E-state index in [0.717, 1.165) is 5.56 Å². The van der Waals surface area contributed by atoms with Gasteiger partial charge in [-0.15, -0.1) is 0 Å². The third-order valence-electron chi connectivity index (χ3n) is 4.74. The average molecular weight is 387 g/mol. The van der Waals surface area contributed by atoms with Crippen LogP contribution in [0.25, 0.3) is 0 Å². The predicted octanol–water partition coefficient (Wildman–Crippen LogP) is 2.75. The Kier molecular flexibility index (Phi) is 5.57. The van der Waals surface area contributed by atoms with Crippen molar-refractivity contribution in [3.05, 3.63) is 40.2 Å². The highest BCUT2D eigenvalue weighted by atomic mass is 16.6. The first-order chi connectivity index (χ1) is 13.4. The van der Waals surface area contributed by atoms with Crippen LogP contribution in [0.1, 0.15) is 18.4 Å². The third kappa shape index (κ3) is 3.95. The second-order valence-corrected chi connectivity index (χ2v) is 6.58. The van der Waals surface area contributed by atoms with Crippen LogP contribution < -0.4 is 15.0 Å². The number of aromatic nitrogens is 2. The number of aliphatic carboxylic acids is 1. The van der Waals surface area contributed by atoms with Gasteiger partial charge in [0, 0.05) is 13.1 Å². The molecule has 0 spiro atoms. The van der Waals surface area contributed by atoms with Crippen molar-refractivity contribution in [3.63, 3.8) is 0 Å². The summed E-state index contributed by atoms with van der Waals surface area (Å²) in [5, 5.41) is 23.9. The van der Waals surface area contributed by atoms with Crippen molar-refractivity contribution >= 4 is 29.0 Å². The maximum Gasteiger partial charge on any atom is 0.353 e. The Morgan fingerprint density at radius 2 is 2.07 bits per heavy atom. The van der Waals surface area contributed by atoms with Crippen LogP contribution in [-0.4, -0.2) is 46.2 Å². The van der Waals surface area contributed by atoms with Crippen molar-refractivity contribution < 1.29 is 19.6 Å². The zero-order chi connectivity index (χ0) is 20.3. The Balaban J connectivity index is 1.94. The van der Waals surface area contributed by atoms with E-state index >= 15 is 0 Å². The lowest BCUT2D eigenvalue weighted by molar-refractivity contribution is -0.383. The number of nitrogens with zero attached hydrogens (tertiary/aromatic N) is 4. The molecule has 148 valence electrons. The van der Waals surface area contributed by atoms with Crippen LogP contribution in [0, 0.1) is 23.0 Å². The molecule has 3 rings (SSSR count). The van der Waals surface area contributed by atoms with E-state index in [2.05, 4.69) is 15.3 Å². The van der Waals surface area contributed by atoms with Gasteiger partial charge in [-0.3, -0.25) is 14.9 Å². The molecule has 1 aliphatic heterocycles. The van der Waals surface area contributed by atoms with E-state index in [1.165, 1.54) is 13.4 Å². The molecular formula is C18H21N5O5. The summed E-state index contributed by atoms with van der Waals surface area (Å²) in [6.07, 6.45) is 2.08. The number of piperidine rings is 1. The third-order valence-corrected chi connectivity index (χ3v) is 4.74. The summed E-state index contributed by atoms with van der Waals surface area (Å²) in [5.41, 5.74) is 1.26. The van der Waals surface area contributed by atoms with Crippen LogP contribution in [0.3, 0.4) is 0 Å². The van der Waals surface area contributed by atoms with Crippen molar-refractivity contribution in [2.24, 2.45) is 5.92 Å². The van der Waals surface area contributed by atoms with Gasteiger partial charge in [0.2, 0.25) is 11.6 Å². The molecule has 1 aromatic carbocycles. The van der Waals surface area contributed by atoms with Gasteiger partial charge < -0.3 is 20.1 Å². The molecule has 1 fully saturated rings. The number of ether oxygens (including phenoxy) is 1. The van der Waals surface area contributed by atoms with Crippen molar-refractivity contribution in [2.75, 3.05) is 30.4 Å². The van der Waals surface area contributed by atoms with Crippen molar-refractivity contribution in [1.29, 1.82) is 0 Å². The van der Waals surface area contributed by atoms with Gasteiger partial charge in [-0.2, -0.15) is 0 Å². The number of aryl methyl sites for hydroxylation is 1. The van der Waals surface area contributed by atoms with Crippen LogP contribution in [0.5, 0.6) is 5.75 Å². The Morgan fingerprint density at radius 3 is 2.68 bits per heavy atom. The Morgan fingerprint density at radius 1 is 1.36 bits per heavy atom. The number of nitro groups is 1. The fraction of sp³-hybridized carbons (Fsp3) is 0.389. The molecular weight excluding hydrogens is 366 g/mol. The quantitative estimate of drug-likeness (QED) is 0.567. The molecule has 2 heterocycles. The topological polar surface area (TPSA) is 131 Å². The number of carbonyl (C=O) groups is 1. The number of carboxylic acids is 1. The number of nitrogens with one attached hydrogen (secondary N) is 1. The molecule has 1 saturated heterocycles. The summed E-state index contributed by atoms with van der Waals surface area (Å²) in [6, 6.07) is 5.45. The van der Waals surface area contributed by atoms with Gasteiger partial charge in [0.15, 0.2) is 0 Å². The highest BCUT2D eigenvalue weighted by molar-refractivity contribution is 5.77. The number of benzene rings is 1. The minimum Gasteiger partial charge on any atom is -0.495 e. The number of methoxy groups -OCH3 is 1. The first kappa shape index (κ1) is 19.3. The van der Waals surface area contributed by atoms with Crippen LogP contribution in [-0.2, 0) is 4.79 Å². The van der Waals surface area contributed by atoms with E-state index in [9.17, 15) is 14.9 Å². The van der Waals surface area contributed by atoms with Gasteiger partial charge >= 0.3 is 11.7 Å². The minimum atomic E-state index is -0.842. The van der Waals surface area contributed by atoms with E-state index in [1.807, 2.05) is 19.1 Å². The van der Waals surface area contributed by atoms with Crippen LogP contribution in [0.2, 0.25) is 0 Å². The molecule has 1 aromatic heterocycles. The maximum atomic E-state index is 11.8. The molecule has 0 saturated carbocycles. The molecule has 0 atom stereocenters. The summed E-state index contributed by atoms with van der Waals surface area (Å²) in [7, 11) is 1.52. The van der Waals surface area contributed by atoms with Crippen LogP contribution in [0.15, 0.2) is 24.5 Å². The lowest BCUT2D eigenvalue weighted by Crippen LogP contribution is -2.37. The van der Waals surface area contributed by atoms with Gasteiger partial charge in [0.25, 0.3) is 0 Å². The summed E-state index contributed by atoms with van der Waals surface area (Å²) in [6.45, 7) is 2.65. The van der Waals surface area contributed by atoms with Gasteiger partial charge in [0.05, 0.1) is 23.6 Å². The molecule has 10 nitrogen and oxygen atoms in total. The van der Waals surface area contributed by atoms with Gasteiger partial charge in [-0.05, 0) is 37.5 Å². The van der Waals surface area contributed by atoms with Crippen molar-refractivity contribution in [1.82, 2.24) is 9.97 Å². The first-order valence-electron chi connectivity index (χ1n) is 8.79. The molecule has 0 aliphatic carbocycles. The standard InChI is InChI=1S/C18H21N5O5/c1-11-3-4-14(28-2)13(9-11)21-16-15(23(26)27)17(20-10-19-16)22-7-5-12(6-8-22)18(24)25/h3-4,9-10,12H,5-8H2,1-2H3,(H,24,25)(H,19,20,21). The average Bonchev–Trinajstić information content (AvgIpc) is 2.68. The highest BCUT2D eigenvalue weighted by Crippen LogP contribution is 2.37. The lowest BCUT2D eigenvalue weighted by Gasteiger charge is -2.30. The van der Waals surface area contributed by atoms with Crippen LogP contribution >= 0.6 is 0 Å². The predicted molar refractivity (Wildman–Crippen MR) is 102 cm³/mol. The van der Waals surface area contributed by atoms with Gasteiger partial charge in [-0.25, -0.2) is 9.97 Å². The SMILES string of the molecule is COc1ccc(C)cc1Nc1ncnc(N2CCC(C(=O)O)CC2)c1[N+](=O)[O-]. The molecule has 0 bridgehead atoms. The van der Waals surface area contributed by atoms with Crippen LogP contribution in [0.4, 0.5) is 23.0 Å². The lowest BCUT2D eigenvalue weighted by atomic mass is 9.97. The Bertz CT molecular complexity index is 896. The summed E-state index contributed by atoms with van der Waals surface area (Å²) in [5.74, 6) is -0.517. The second kappa shape index (κ2) is 8.07. The second-order valence-electron chi connectivity index (χ2n) is 6.58. The monoisotopic (exact) mass is 387 g/mol. The fourth-order valence-electron chi connectivity index (χ4n) is 3.25. The number of hydrogen-bond donors (Lipinski definition) is 2. The Hall–Kier alpha value is -3.43.